The van der Waals surface area contributed by atoms with E-state index in [1.165, 1.54) is 12.4 Å². The summed E-state index contributed by atoms with van der Waals surface area (Å²) in [5, 5.41) is 15.6. The van der Waals surface area contributed by atoms with Gasteiger partial charge in [0.25, 0.3) is 0 Å². The van der Waals surface area contributed by atoms with Crippen LogP contribution in [-0.2, 0) is 17.5 Å². The summed E-state index contributed by atoms with van der Waals surface area (Å²) in [5.74, 6) is -0.661. The third-order valence-electron chi connectivity index (χ3n) is 3.91. The first-order chi connectivity index (χ1) is 11.8. The third-order valence-corrected chi connectivity index (χ3v) is 3.91. The van der Waals surface area contributed by atoms with Gasteiger partial charge in [0.05, 0.1) is 29.5 Å². The number of carbonyl (C=O) groups is 1. The van der Waals surface area contributed by atoms with Crippen molar-refractivity contribution in [1.82, 2.24) is 20.6 Å². The minimum Gasteiger partial charge on any atom is -0.507 e. The monoisotopic (exact) mass is 352 g/mol. The molecule has 1 fully saturated rings. The number of aromatic nitrogens is 2. The van der Waals surface area contributed by atoms with Crippen molar-refractivity contribution in [2.24, 2.45) is 0 Å². The Kier molecular flexibility index (Phi) is 4.58. The Hall–Kier alpha value is -2.68. The smallest absolute Gasteiger partial charge is 0.416 e. The fourth-order valence-electron chi connectivity index (χ4n) is 2.38. The largest absolute Gasteiger partial charge is 0.507 e. The Morgan fingerprint density at radius 1 is 1.32 bits per heavy atom. The number of phenolic OH excluding ortho intramolecular Hbond substituents is 1. The number of alkyl halides is 3. The second-order valence-electron chi connectivity index (χ2n) is 5.64. The fourth-order valence-corrected chi connectivity index (χ4v) is 2.38. The van der Waals surface area contributed by atoms with Gasteiger partial charge in [0.1, 0.15) is 12.1 Å². The molecule has 1 aliphatic rings. The van der Waals surface area contributed by atoms with Crippen LogP contribution in [0.3, 0.4) is 0 Å². The number of aromatic hydroxyl groups is 1. The van der Waals surface area contributed by atoms with Crippen LogP contribution in [0.25, 0.3) is 11.3 Å². The van der Waals surface area contributed by atoms with Gasteiger partial charge in [-0.2, -0.15) is 13.2 Å². The second-order valence-corrected chi connectivity index (χ2v) is 5.64. The highest BCUT2D eigenvalue weighted by Crippen LogP contribution is 2.35. The van der Waals surface area contributed by atoms with Gasteiger partial charge in [-0.1, -0.05) is 0 Å². The number of carbonyl (C=O) groups excluding carboxylic acids is 1. The number of nitrogens with zero attached hydrogens (tertiary/aromatic N) is 2. The first kappa shape index (κ1) is 17.2. The molecule has 9 heteroatoms. The highest BCUT2D eigenvalue weighted by molar-refractivity contribution is 5.82. The van der Waals surface area contributed by atoms with Gasteiger partial charge >= 0.3 is 6.18 Å². The Balaban J connectivity index is 1.75. The number of rotatable bonds is 4. The Morgan fingerprint density at radius 3 is 2.68 bits per heavy atom. The van der Waals surface area contributed by atoms with Crippen LogP contribution in [0.1, 0.15) is 17.7 Å². The van der Waals surface area contributed by atoms with Gasteiger partial charge in [0, 0.05) is 5.56 Å². The van der Waals surface area contributed by atoms with E-state index in [1.54, 1.807) is 0 Å². The van der Waals surface area contributed by atoms with Crippen LogP contribution >= 0.6 is 0 Å². The van der Waals surface area contributed by atoms with E-state index in [4.69, 9.17) is 0 Å². The SMILES string of the molecule is O=C(NCc1cc(-c2ccc(C(F)(F)F)cc2O)ncn1)[C@@H]1CCN1. The molecule has 1 aromatic heterocycles. The molecule has 1 aliphatic heterocycles. The number of hydrogen-bond donors (Lipinski definition) is 3. The molecule has 3 rings (SSSR count). The molecule has 0 aliphatic carbocycles. The summed E-state index contributed by atoms with van der Waals surface area (Å²) >= 11 is 0. The summed E-state index contributed by atoms with van der Waals surface area (Å²) < 4.78 is 38.0. The highest BCUT2D eigenvalue weighted by atomic mass is 19.4. The van der Waals surface area contributed by atoms with E-state index in [1.807, 2.05) is 0 Å². The van der Waals surface area contributed by atoms with Crippen LogP contribution in [0.2, 0.25) is 0 Å². The maximum atomic E-state index is 12.7. The molecule has 0 unspecified atom stereocenters. The molecule has 2 heterocycles. The number of nitrogens with one attached hydrogen (secondary N) is 2. The molecule has 6 nitrogen and oxygen atoms in total. The lowest BCUT2D eigenvalue weighted by Gasteiger charge is -2.26. The maximum Gasteiger partial charge on any atom is 0.416 e. The first-order valence-electron chi connectivity index (χ1n) is 7.57. The van der Waals surface area contributed by atoms with E-state index < -0.39 is 17.5 Å². The third kappa shape index (κ3) is 3.87. The van der Waals surface area contributed by atoms with Gasteiger partial charge in [0.2, 0.25) is 5.91 Å². The molecule has 132 valence electrons. The van der Waals surface area contributed by atoms with Crippen molar-refractivity contribution in [3.8, 4) is 17.0 Å². The van der Waals surface area contributed by atoms with Crippen molar-refractivity contribution in [3.63, 3.8) is 0 Å². The van der Waals surface area contributed by atoms with E-state index >= 15 is 0 Å². The normalized spacial score (nSPS) is 17.0. The standard InChI is InChI=1S/C16H15F3N4O2/c17-16(18,19)9-1-2-11(14(24)5-9)13-6-10(22-8-23-13)7-21-15(25)12-3-4-20-12/h1-2,5-6,8,12,20,24H,3-4,7H2,(H,21,25)/t12-/m0/s1. The van der Waals surface area contributed by atoms with E-state index in [2.05, 4.69) is 20.6 Å². The Labute approximate surface area is 141 Å². The van der Waals surface area contributed by atoms with E-state index in [0.29, 0.717) is 11.8 Å². The summed E-state index contributed by atoms with van der Waals surface area (Å²) in [7, 11) is 0. The molecule has 1 aromatic carbocycles. The van der Waals surface area contributed by atoms with Crippen LogP contribution in [0.15, 0.2) is 30.6 Å². The lowest BCUT2D eigenvalue weighted by atomic mass is 10.1. The zero-order valence-corrected chi connectivity index (χ0v) is 13.0. The Morgan fingerprint density at radius 2 is 2.08 bits per heavy atom. The molecule has 0 saturated carbocycles. The highest BCUT2D eigenvalue weighted by Gasteiger charge is 2.31. The summed E-state index contributed by atoms with van der Waals surface area (Å²) in [5.41, 5.74) is -0.0314. The predicted octanol–water partition coefficient (Wildman–Crippen LogP) is 1.85. The molecule has 0 bridgehead atoms. The second kappa shape index (κ2) is 6.67. The predicted molar refractivity (Wildman–Crippen MR) is 82.4 cm³/mol. The van der Waals surface area contributed by atoms with Crippen molar-refractivity contribution in [2.45, 2.75) is 25.2 Å². The van der Waals surface area contributed by atoms with Crippen molar-refractivity contribution >= 4 is 5.91 Å². The van der Waals surface area contributed by atoms with Gasteiger partial charge in [-0.05, 0) is 37.2 Å². The summed E-state index contributed by atoms with van der Waals surface area (Å²) in [4.78, 5) is 19.8. The van der Waals surface area contributed by atoms with E-state index in [-0.39, 0.29) is 29.8 Å². The molecule has 0 spiro atoms. The molecule has 1 saturated heterocycles. The van der Waals surface area contributed by atoms with Crippen molar-refractivity contribution in [3.05, 3.63) is 41.9 Å². The van der Waals surface area contributed by atoms with Gasteiger partial charge in [0.15, 0.2) is 0 Å². The van der Waals surface area contributed by atoms with Crippen molar-refractivity contribution in [2.75, 3.05) is 6.54 Å². The Bertz CT molecular complexity index is 791. The minimum atomic E-state index is -4.54. The van der Waals surface area contributed by atoms with Gasteiger partial charge in [-0.25, -0.2) is 9.97 Å². The minimum absolute atomic E-state index is 0.135. The lowest BCUT2D eigenvalue weighted by molar-refractivity contribution is -0.137. The van der Waals surface area contributed by atoms with Crippen LogP contribution in [0, 0.1) is 0 Å². The van der Waals surface area contributed by atoms with Crippen LogP contribution in [-0.4, -0.2) is 33.6 Å². The average molecular weight is 352 g/mol. The summed E-state index contributed by atoms with van der Waals surface area (Å²) in [6.45, 7) is 0.969. The van der Waals surface area contributed by atoms with Gasteiger partial charge in [-0.15, -0.1) is 0 Å². The van der Waals surface area contributed by atoms with Gasteiger partial charge < -0.3 is 15.7 Å². The quantitative estimate of drug-likeness (QED) is 0.782. The average Bonchev–Trinajstić information content (AvgIpc) is 2.50. The lowest BCUT2D eigenvalue weighted by Crippen LogP contribution is -2.53. The van der Waals surface area contributed by atoms with Crippen LogP contribution in [0.5, 0.6) is 5.75 Å². The van der Waals surface area contributed by atoms with Crippen molar-refractivity contribution in [1.29, 1.82) is 0 Å². The number of halogens is 3. The summed E-state index contributed by atoms with van der Waals surface area (Å²) in [6.07, 6.45) is -2.53. The zero-order chi connectivity index (χ0) is 18.0. The maximum absolute atomic E-state index is 12.7. The van der Waals surface area contributed by atoms with Crippen molar-refractivity contribution < 1.29 is 23.1 Å². The summed E-state index contributed by atoms with van der Waals surface area (Å²) in [6, 6.07) is 4.00. The molecule has 2 aromatic rings. The molecule has 3 N–H and O–H groups in total. The molecule has 25 heavy (non-hydrogen) atoms. The fraction of sp³-hybridized carbons (Fsp3) is 0.312. The van der Waals surface area contributed by atoms with E-state index in [0.717, 1.165) is 25.1 Å². The number of amides is 1. The topological polar surface area (TPSA) is 87.1 Å². The molecule has 0 radical (unpaired) electrons. The molecule has 1 amide bonds. The molecule has 1 atom stereocenters. The number of benzene rings is 1. The van der Waals surface area contributed by atoms with Gasteiger partial charge in [-0.3, -0.25) is 4.79 Å². The molecular formula is C16H15F3N4O2. The van der Waals surface area contributed by atoms with Crippen LogP contribution in [0.4, 0.5) is 13.2 Å². The van der Waals surface area contributed by atoms with E-state index in [9.17, 15) is 23.1 Å². The first-order valence-corrected chi connectivity index (χ1v) is 7.57. The number of phenols is 1. The van der Waals surface area contributed by atoms with Crippen LogP contribution < -0.4 is 10.6 Å². The zero-order valence-electron chi connectivity index (χ0n) is 13.0. The molecular weight excluding hydrogens is 337 g/mol. The number of hydrogen-bond acceptors (Lipinski definition) is 5.